The summed E-state index contributed by atoms with van der Waals surface area (Å²) in [6, 6.07) is 10.3. The Kier molecular flexibility index (Phi) is 3.48. The van der Waals surface area contributed by atoms with E-state index in [9.17, 15) is 0 Å². The fourth-order valence-corrected chi connectivity index (χ4v) is 3.25. The Labute approximate surface area is 120 Å². The summed E-state index contributed by atoms with van der Waals surface area (Å²) in [6.07, 6.45) is 4.41. The molecule has 1 saturated heterocycles. The number of nitrogens with zero attached hydrogens (tertiary/aromatic N) is 2. The number of fused-ring (bicyclic) bond motifs is 1. The first-order valence-electron chi connectivity index (χ1n) is 7.45. The van der Waals surface area contributed by atoms with E-state index in [1.807, 2.05) is 12.3 Å². The molecular weight excluding hydrogens is 246 g/mol. The third-order valence-corrected chi connectivity index (χ3v) is 4.68. The van der Waals surface area contributed by atoms with Gasteiger partial charge in [-0.2, -0.15) is 0 Å². The van der Waals surface area contributed by atoms with Gasteiger partial charge in [0.15, 0.2) is 0 Å². The van der Waals surface area contributed by atoms with E-state index in [-0.39, 0.29) is 11.6 Å². The molecular formula is C17H23N3. The van der Waals surface area contributed by atoms with Gasteiger partial charge in [0.1, 0.15) is 0 Å². The van der Waals surface area contributed by atoms with Crippen LogP contribution in [-0.2, 0) is 0 Å². The van der Waals surface area contributed by atoms with Crippen molar-refractivity contribution >= 4 is 10.9 Å². The lowest BCUT2D eigenvalue weighted by atomic mass is 9.86. The zero-order valence-corrected chi connectivity index (χ0v) is 12.3. The van der Waals surface area contributed by atoms with Crippen molar-refractivity contribution in [2.75, 3.05) is 13.1 Å². The van der Waals surface area contributed by atoms with Crippen LogP contribution in [0.15, 0.2) is 36.5 Å². The number of aromatic nitrogens is 1. The van der Waals surface area contributed by atoms with Crippen molar-refractivity contribution in [3.8, 4) is 0 Å². The molecule has 1 aromatic carbocycles. The average Bonchev–Trinajstić information content (AvgIpc) is 3.01. The van der Waals surface area contributed by atoms with Crippen molar-refractivity contribution in [1.82, 2.24) is 9.88 Å². The van der Waals surface area contributed by atoms with E-state index < -0.39 is 0 Å². The van der Waals surface area contributed by atoms with Crippen molar-refractivity contribution < 1.29 is 0 Å². The molecule has 3 nitrogen and oxygen atoms in total. The van der Waals surface area contributed by atoms with Crippen LogP contribution < -0.4 is 5.73 Å². The number of hydrogen-bond acceptors (Lipinski definition) is 3. The number of benzene rings is 1. The van der Waals surface area contributed by atoms with E-state index in [1.54, 1.807) is 0 Å². The number of hydrogen-bond donors (Lipinski definition) is 1. The molecule has 3 heteroatoms. The van der Waals surface area contributed by atoms with Gasteiger partial charge in [-0.15, -0.1) is 0 Å². The number of rotatable bonds is 3. The van der Waals surface area contributed by atoms with Crippen LogP contribution in [0.25, 0.3) is 10.9 Å². The lowest BCUT2D eigenvalue weighted by molar-refractivity contribution is 0.124. The molecule has 0 aliphatic carbocycles. The largest absolute Gasteiger partial charge is 0.322 e. The summed E-state index contributed by atoms with van der Waals surface area (Å²) in [4.78, 5) is 7.06. The van der Waals surface area contributed by atoms with Crippen LogP contribution in [0.1, 0.15) is 38.3 Å². The minimum absolute atomic E-state index is 0.0285. The first kappa shape index (κ1) is 13.5. The van der Waals surface area contributed by atoms with Gasteiger partial charge in [-0.05, 0) is 51.4 Å². The van der Waals surface area contributed by atoms with Crippen LogP contribution in [-0.4, -0.2) is 28.5 Å². The minimum atomic E-state index is -0.0394. The van der Waals surface area contributed by atoms with E-state index >= 15 is 0 Å². The molecule has 1 aromatic heterocycles. The molecule has 3 rings (SSSR count). The predicted octanol–water partition coefficient (Wildman–Crippen LogP) is 3.11. The van der Waals surface area contributed by atoms with Gasteiger partial charge in [-0.1, -0.05) is 24.3 Å². The molecule has 0 spiro atoms. The highest BCUT2D eigenvalue weighted by molar-refractivity contribution is 5.82. The minimum Gasteiger partial charge on any atom is -0.322 e. The second-order valence-corrected chi connectivity index (χ2v) is 6.25. The molecule has 2 aromatic rings. The Morgan fingerprint density at radius 3 is 2.60 bits per heavy atom. The molecule has 2 N–H and O–H groups in total. The molecule has 0 bridgehead atoms. The second-order valence-electron chi connectivity index (χ2n) is 6.25. The van der Waals surface area contributed by atoms with Crippen LogP contribution >= 0.6 is 0 Å². The van der Waals surface area contributed by atoms with Crippen molar-refractivity contribution in [2.45, 2.75) is 38.3 Å². The van der Waals surface area contributed by atoms with Crippen LogP contribution in [0.2, 0.25) is 0 Å². The summed E-state index contributed by atoms with van der Waals surface area (Å²) in [5.74, 6) is 0. The zero-order valence-electron chi connectivity index (χ0n) is 12.3. The first-order chi connectivity index (χ1) is 9.60. The lowest BCUT2D eigenvalue weighted by Gasteiger charge is -2.40. The SMILES string of the molecule is CC(C)(C(N)c1cccc2cccnc12)N1CCCC1. The van der Waals surface area contributed by atoms with Gasteiger partial charge in [0, 0.05) is 23.2 Å². The summed E-state index contributed by atoms with van der Waals surface area (Å²) in [5, 5.41) is 1.16. The summed E-state index contributed by atoms with van der Waals surface area (Å²) >= 11 is 0. The van der Waals surface area contributed by atoms with Crippen molar-refractivity contribution in [3.63, 3.8) is 0 Å². The van der Waals surface area contributed by atoms with E-state index in [1.165, 1.54) is 12.8 Å². The Morgan fingerprint density at radius 2 is 1.85 bits per heavy atom. The number of para-hydroxylation sites is 1. The van der Waals surface area contributed by atoms with Crippen LogP contribution in [0, 0.1) is 0 Å². The van der Waals surface area contributed by atoms with Crippen LogP contribution in [0.5, 0.6) is 0 Å². The standard InChI is InChI=1S/C17H23N3/c1-17(2,20-11-3-4-12-20)16(18)14-9-5-7-13-8-6-10-19-15(13)14/h5-10,16H,3-4,11-12,18H2,1-2H3. The highest BCUT2D eigenvalue weighted by Crippen LogP contribution is 2.34. The molecule has 0 saturated carbocycles. The highest BCUT2D eigenvalue weighted by Gasteiger charge is 2.36. The van der Waals surface area contributed by atoms with Crippen LogP contribution in [0.3, 0.4) is 0 Å². The fraction of sp³-hybridized carbons (Fsp3) is 0.471. The Balaban J connectivity index is 2.01. The maximum Gasteiger partial charge on any atom is 0.0750 e. The van der Waals surface area contributed by atoms with Gasteiger partial charge in [0.2, 0.25) is 0 Å². The van der Waals surface area contributed by atoms with E-state index in [0.717, 1.165) is 29.6 Å². The van der Waals surface area contributed by atoms with Gasteiger partial charge < -0.3 is 5.73 Å². The Morgan fingerprint density at radius 1 is 1.15 bits per heavy atom. The van der Waals surface area contributed by atoms with Gasteiger partial charge in [0.05, 0.1) is 5.52 Å². The monoisotopic (exact) mass is 269 g/mol. The van der Waals surface area contributed by atoms with Gasteiger partial charge in [0.25, 0.3) is 0 Å². The molecule has 1 fully saturated rings. The van der Waals surface area contributed by atoms with Gasteiger partial charge in [-0.3, -0.25) is 9.88 Å². The maximum atomic E-state index is 6.64. The predicted molar refractivity (Wildman–Crippen MR) is 83.6 cm³/mol. The van der Waals surface area contributed by atoms with Crippen molar-refractivity contribution in [1.29, 1.82) is 0 Å². The topological polar surface area (TPSA) is 42.1 Å². The quantitative estimate of drug-likeness (QED) is 0.931. The molecule has 106 valence electrons. The second kappa shape index (κ2) is 5.15. The zero-order chi connectivity index (χ0) is 14.2. The normalized spacial score (nSPS) is 18.6. The molecule has 1 unspecified atom stereocenters. The molecule has 1 aliphatic heterocycles. The molecule has 0 amide bonds. The maximum absolute atomic E-state index is 6.64. The molecule has 0 radical (unpaired) electrons. The fourth-order valence-electron chi connectivity index (χ4n) is 3.25. The summed E-state index contributed by atoms with van der Waals surface area (Å²) in [6.45, 7) is 6.81. The molecule has 1 aliphatic rings. The highest BCUT2D eigenvalue weighted by atomic mass is 15.2. The molecule has 2 heterocycles. The van der Waals surface area contributed by atoms with E-state index in [0.29, 0.717) is 0 Å². The number of pyridine rings is 1. The van der Waals surface area contributed by atoms with Crippen molar-refractivity contribution in [2.24, 2.45) is 5.73 Å². The Bertz CT molecular complexity index is 595. The number of nitrogens with two attached hydrogens (primary N) is 1. The third-order valence-electron chi connectivity index (χ3n) is 4.68. The summed E-state index contributed by atoms with van der Waals surface area (Å²) < 4.78 is 0. The summed E-state index contributed by atoms with van der Waals surface area (Å²) in [7, 11) is 0. The van der Waals surface area contributed by atoms with E-state index in [4.69, 9.17) is 5.73 Å². The molecule has 1 atom stereocenters. The van der Waals surface area contributed by atoms with E-state index in [2.05, 4.69) is 48.0 Å². The third kappa shape index (κ3) is 2.21. The number of likely N-dealkylation sites (tertiary alicyclic amines) is 1. The lowest BCUT2D eigenvalue weighted by Crippen LogP contribution is -2.50. The van der Waals surface area contributed by atoms with Gasteiger partial charge >= 0.3 is 0 Å². The van der Waals surface area contributed by atoms with Crippen LogP contribution in [0.4, 0.5) is 0 Å². The average molecular weight is 269 g/mol. The molecule has 20 heavy (non-hydrogen) atoms. The smallest absolute Gasteiger partial charge is 0.0750 e. The van der Waals surface area contributed by atoms with Crippen molar-refractivity contribution in [3.05, 3.63) is 42.1 Å². The Hall–Kier alpha value is -1.45. The first-order valence-corrected chi connectivity index (χ1v) is 7.45. The summed E-state index contributed by atoms with van der Waals surface area (Å²) in [5.41, 5.74) is 8.79. The van der Waals surface area contributed by atoms with Gasteiger partial charge in [-0.25, -0.2) is 0 Å².